The second-order valence-corrected chi connectivity index (χ2v) is 5.56. The minimum Gasteiger partial charge on any atom is -0.300 e. The number of Topliss-reactive ketones (excluding diaryl/α,β-unsaturated/α-hetero) is 1. The Morgan fingerprint density at radius 2 is 1.26 bits per heavy atom. The maximum Gasteiger partial charge on any atom is 0.133 e. The monoisotopic (exact) mass is 266 g/mol. The smallest absolute Gasteiger partial charge is 0.133 e. The molecule has 0 aliphatic carbocycles. The predicted octanol–water partition coefficient (Wildman–Crippen LogP) is 6.22. The lowest BCUT2D eigenvalue weighted by atomic mass is 10.1. The zero-order chi connectivity index (χ0) is 14.2. The van der Waals surface area contributed by atoms with Crippen molar-refractivity contribution in [3.05, 3.63) is 12.2 Å². The number of carbonyl (C=O) groups is 1. The van der Waals surface area contributed by atoms with E-state index in [9.17, 15) is 4.79 Å². The number of ketones is 1. The summed E-state index contributed by atoms with van der Waals surface area (Å²) in [6.07, 6.45) is 19.6. The molecule has 0 atom stereocenters. The lowest BCUT2D eigenvalue weighted by Crippen LogP contribution is -1.96. The van der Waals surface area contributed by atoms with Crippen LogP contribution < -0.4 is 0 Å². The molecule has 0 aromatic carbocycles. The van der Waals surface area contributed by atoms with Crippen LogP contribution in [0.2, 0.25) is 0 Å². The number of carbonyl (C=O) groups excluding carboxylic acids is 1. The maximum absolute atomic E-state index is 11.6. The summed E-state index contributed by atoms with van der Waals surface area (Å²) in [5.41, 5.74) is 0. The van der Waals surface area contributed by atoms with E-state index < -0.39 is 0 Å². The van der Waals surface area contributed by atoms with Crippen molar-refractivity contribution < 1.29 is 4.79 Å². The first-order valence-corrected chi connectivity index (χ1v) is 8.48. The summed E-state index contributed by atoms with van der Waals surface area (Å²) in [4.78, 5) is 11.6. The molecule has 0 saturated heterocycles. The normalized spacial score (nSPS) is 11.3. The molecule has 19 heavy (non-hydrogen) atoms. The van der Waals surface area contributed by atoms with Crippen molar-refractivity contribution in [2.45, 2.75) is 97.3 Å². The van der Waals surface area contributed by atoms with E-state index in [2.05, 4.69) is 26.0 Å². The highest BCUT2D eigenvalue weighted by Crippen LogP contribution is 2.08. The predicted molar refractivity (Wildman–Crippen MR) is 85.5 cm³/mol. The Bertz CT molecular complexity index is 218. The van der Waals surface area contributed by atoms with E-state index >= 15 is 0 Å². The summed E-state index contributed by atoms with van der Waals surface area (Å²) in [5.74, 6) is 0.451. The van der Waals surface area contributed by atoms with Crippen LogP contribution in [0.15, 0.2) is 12.2 Å². The van der Waals surface area contributed by atoms with Gasteiger partial charge in [-0.1, -0.05) is 70.9 Å². The summed E-state index contributed by atoms with van der Waals surface area (Å²) in [6.45, 7) is 4.46. The molecule has 112 valence electrons. The molecule has 0 spiro atoms. The van der Waals surface area contributed by atoms with Gasteiger partial charge in [0, 0.05) is 12.8 Å². The van der Waals surface area contributed by atoms with E-state index in [1.165, 1.54) is 57.8 Å². The van der Waals surface area contributed by atoms with Crippen molar-refractivity contribution >= 4 is 5.78 Å². The van der Waals surface area contributed by atoms with Gasteiger partial charge in [-0.25, -0.2) is 0 Å². The van der Waals surface area contributed by atoms with Crippen LogP contribution in [0.1, 0.15) is 97.3 Å². The van der Waals surface area contributed by atoms with Gasteiger partial charge in [0.2, 0.25) is 0 Å². The van der Waals surface area contributed by atoms with Gasteiger partial charge in [-0.05, 0) is 25.7 Å². The molecule has 0 unspecified atom stereocenters. The molecule has 0 aromatic heterocycles. The van der Waals surface area contributed by atoms with E-state index in [4.69, 9.17) is 0 Å². The fraction of sp³-hybridized carbons (Fsp3) is 0.833. The van der Waals surface area contributed by atoms with Crippen molar-refractivity contribution in [2.24, 2.45) is 0 Å². The quantitative estimate of drug-likeness (QED) is 0.269. The zero-order valence-corrected chi connectivity index (χ0v) is 13.3. The minimum absolute atomic E-state index is 0.451. The first-order chi connectivity index (χ1) is 9.31. The molecule has 0 saturated carbocycles. The third kappa shape index (κ3) is 15.4. The molecule has 0 heterocycles. The maximum atomic E-state index is 11.6. The van der Waals surface area contributed by atoms with Gasteiger partial charge in [0.25, 0.3) is 0 Å². The molecule has 0 amide bonds. The summed E-state index contributed by atoms with van der Waals surface area (Å²) in [5, 5.41) is 0. The Kier molecular flexibility index (Phi) is 15.0. The molecule has 0 aliphatic heterocycles. The second kappa shape index (κ2) is 15.5. The second-order valence-electron chi connectivity index (χ2n) is 5.56. The third-order valence-corrected chi connectivity index (χ3v) is 3.54. The summed E-state index contributed by atoms with van der Waals surface area (Å²) in [6, 6.07) is 0. The fourth-order valence-electron chi connectivity index (χ4n) is 2.22. The molecule has 0 radical (unpaired) electrons. The van der Waals surface area contributed by atoms with Crippen LogP contribution in [0.25, 0.3) is 0 Å². The van der Waals surface area contributed by atoms with Crippen molar-refractivity contribution in [1.82, 2.24) is 0 Å². The van der Waals surface area contributed by atoms with Crippen LogP contribution in [-0.4, -0.2) is 5.78 Å². The molecule has 1 heteroatoms. The Balaban J connectivity index is 3.25. The molecule has 0 rings (SSSR count). The zero-order valence-electron chi connectivity index (χ0n) is 13.3. The standard InChI is InChI=1S/C18H34O/c1-3-5-7-9-10-11-13-15-17-18(19)16-14-12-8-6-4-2/h11,13H,3-10,12,14-17H2,1-2H3/b13-11-. The lowest BCUT2D eigenvalue weighted by molar-refractivity contribution is -0.119. The van der Waals surface area contributed by atoms with Gasteiger partial charge >= 0.3 is 0 Å². The number of hydrogen-bond donors (Lipinski definition) is 0. The fourth-order valence-corrected chi connectivity index (χ4v) is 2.22. The molecule has 0 aliphatic rings. The highest BCUT2D eigenvalue weighted by molar-refractivity contribution is 5.78. The van der Waals surface area contributed by atoms with E-state index in [0.717, 1.165) is 25.7 Å². The number of rotatable bonds is 14. The van der Waals surface area contributed by atoms with Crippen LogP contribution >= 0.6 is 0 Å². The van der Waals surface area contributed by atoms with Crippen LogP contribution in [0, 0.1) is 0 Å². The van der Waals surface area contributed by atoms with Gasteiger partial charge in [-0.15, -0.1) is 0 Å². The van der Waals surface area contributed by atoms with Gasteiger partial charge < -0.3 is 0 Å². The van der Waals surface area contributed by atoms with Gasteiger partial charge in [-0.3, -0.25) is 4.79 Å². The molecular formula is C18H34O. The van der Waals surface area contributed by atoms with Crippen LogP contribution in [-0.2, 0) is 4.79 Å². The summed E-state index contributed by atoms with van der Waals surface area (Å²) in [7, 11) is 0. The SMILES string of the molecule is CCCCCC/C=C\CCC(=O)CCCCCCC. The van der Waals surface area contributed by atoms with E-state index in [-0.39, 0.29) is 0 Å². The van der Waals surface area contributed by atoms with Crippen LogP contribution in [0.4, 0.5) is 0 Å². The number of allylic oxidation sites excluding steroid dienone is 2. The Hall–Kier alpha value is -0.590. The number of unbranched alkanes of at least 4 members (excludes halogenated alkanes) is 8. The van der Waals surface area contributed by atoms with E-state index in [0.29, 0.717) is 5.78 Å². The Morgan fingerprint density at radius 3 is 1.95 bits per heavy atom. The molecule has 0 bridgehead atoms. The lowest BCUT2D eigenvalue weighted by Gasteiger charge is -1.99. The van der Waals surface area contributed by atoms with Gasteiger partial charge in [0.1, 0.15) is 5.78 Å². The Morgan fingerprint density at radius 1 is 0.684 bits per heavy atom. The molecule has 0 aromatic rings. The highest BCUT2D eigenvalue weighted by atomic mass is 16.1. The van der Waals surface area contributed by atoms with Crippen LogP contribution in [0.5, 0.6) is 0 Å². The van der Waals surface area contributed by atoms with Gasteiger partial charge in [0.05, 0.1) is 0 Å². The van der Waals surface area contributed by atoms with Crippen molar-refractivity contribution in [2.75, 3.05) is 0 Å². The number of hydrogen-bond acceptors (Lipinski definition) is 1. The largest absolute Gasteiger partial charge is 0.300 e. The van der Waals surface area contributed by atoms with Crippen molar-refractivity contribution in [1.29, 1.82) is 0 Å². The van der Waals surface area contributed by atoms with Crippen molar-refractivity contribution in [3.8, 4) is 0 Å². The molecular weight excluding hydrogens is 232 g/mol. The molecule has 0 fully saturated rings. The average molecular weight is 266 g/mol. The topological polar surface area (TPSA) is 17.1 Å². The van der Waals surface area contributed by atoms with Crippen molar-refractivity contribution in [3.63, 3.8) is 0 Å². The first-order valence-electron chi connectivity index (χ1n) is 8.48. The highest BCUT2D eigenvalue weighted by Gasteiger charge is 1.99. The van der Waals surface area contributed by atoms with E-state index in [1.807, 2.05) is 0 Å². The molecule has 0 N–H and O–H groups in total. The summed E-state index contributed by atoms with van der Waals surface area (Å²) < 4.78 is 0. The van der Waals surface area contributed by atoms with Gasteiger partial charge in [-0.2, -0.15) is 0 Å². The Labute approximate surface area is 120 Å². The summed E-state index contributed by atoms with van der Waals surface area (Å²) >= 11 is 0. The minimum atomic E-state index is 0.451. The van der Waals surface area contributed by atoms with Crippen LogP contribution in [0.3, 0.4) is 0 Å². The average Bonchev–Trinajstić information content (AvgIpc) is 2.41. The third-order valence-electron chi connectivity index (χ3n) is 3.54. The molecule has 1 nitrogen and oxygen atoms in total. The van der Waals surface area contributed by atoms with E-state index in [1.54, 1.807) is 0 Å². The van der Waals surface area contributed by atoms with Gasteiger partial charge in [0.15, 0.2) is 0 Å². The first kappa shape index (κ1) is 18.4.